The summed E-state index contributed by atoms with van der Waals surface area (Å²) in [7, 11) is 0. The molecule has 3 aromatic carbocycles. The monoisotopic (exact) mass is 405 g/mol. The highest BCUT2D eigenvalue weighted by Gasteiger charge is 2.29. The molecule has 0 atom stereocenters. The Hall–Kier alpha value is -3.22. The molecular weight excluding hydrogens is 389 g/mol. The predicted molar refractivity (Wildman–Crippen MR) is 98.6 cm³/mol. The molecule has 0 aliphatic rings. The average molecular weight is 405 g/mol. The van der Waals surface area contributed by atoms with Gasteiger partial charge >= 0.3 is 0 Å². The molecule has 0 fully saturated rings. The van der Waals surface area contributed by atoms with Gasteiger partial charge in [-0.2, -0.15) is 0 Å². The minimum Gasteiger partial charge on any atom is -0.321 e. The normalized spacial score (nSPS) is 11.0. The van der Waals surface area contributed by atoms with Crippen LogP contribution < -0.4 is 5.32 Å². The molecule has 0 aliphatic heterocycles. The van der Waals surface area contributed by atoms with E-state index in [-0.39, 0.29) is 12.8 Å². The van der Waals surface area contributed by atoms with Gasteiger partial charge in [0.25, 0.3) is 0 Å². The molecule has 0 spiro atoms. The molecule has 1 amide bonds. The fourth-order valence-corrected chi connectivity index (χ4v) is 2.99. The van der Waals surface area contributed by atoms with Crippen molar-refractivity contribution >= 4 is 11.6 Å². The summed E-state index contributed by atoms with van der Waals surface area (Å²) < 4.78 is 68.0. The van der Waals surface area contributed by atoms with E-state index in [0.29, 0.717) is 0 Å². The van der Waals surface area contributed by atoms with E-state index in [1.807, 2.05) is 5.32 Å². The van der Waals surface area contributed by atoms with E-state index >= 15 is 0 Å². The first kappa shape index (κ1) is 20.5. The summed E-state index contributed by atoms with van der Waals surface area (Å²) in [6, 6.07) is 17.8. The van der Waals surface area contributed by atoms with E-state index in [0.717, 1.165) is 11.1 Å². The van der Waals surface area contributed by atoms with Gasteiger partial charge in [-0.15, -0.1) is 0 Å². The van der Waals surface area contributed by atoms with Gasteiger partial charge in [-0.25, -0.2) is 22.0 Å². The summed E-state index contributed by atoms with van der Waals surface area (Å²) in [5.74, 6) is -12.3. The molecule has 2 nitrogen and oxygen atoms in total. The van der Waals surface area contributed by atoms with Gasteiger partial charge in [0.15, 0.2) is 23.3 Å². The second-order valence-corrected chi connectivity index (χ2v) is 6.51. The number of amides is 1. The van der Waals surface area contributed by atoms with Crippen LogP contribution in [0.1, 0.15) is 11.1 Å². The fourth-order valence-electron chi connectivity index (χ4n) is 2.99. The third-order valence-corrected chi connectivity index (χ3v) is 4.48. The van der Waals surface area contributed by atoms with Gasteiger partial charge < -0.3 is 5.32 Å². The van der Waals surface area contributed by atoms with E-state index in [9.17, 15) is 26.7 Å². The minimum absolute atomic E-state index is 0.219. The molecule has 150 valence electrons. The van der Waals surface area contributed by atoms with E-state index in [1.54, 1.807) is 60.7 Å². The quantitative estimate of drug-likeness (QED) is 0.331. The van der Waals surface area contributed by atoms with E-state index in [1.165, 1.54) is 0 Å². The van der Waals surface area contributed by atoms with Gasteiger partial charge in [-0.1, -0.05) is 60.7 Å². The second-order valence-electron chi connectivity index (χ2n) is 6.51. The van der Waals surface area contributed by atoms with Gasteiger partial charge in [-0.05, 0) is 24.0 Å². The van der Waals surface area contributed by atoms with Gasteiger partial charge in [-0.3, -0.25) is 4.79 Å². The summed E-state index contributed by atoms with van der Waals surface area (Å²) in [6.45, 7) is 0. The lowest BCUT2D eigenvalue weighted by molar-refractivity contribution is -0.119. The zero-order valence-electron chi connectivity index (χ0n) is 15.1. The molecule has 0 saturated heterocycles. The highest BCUT2D eigenvalue weighted by atomic mass is 19.2. The molecule has 7 heteroatoms. The van der Waals surface area contributed by atoms with Crippen LogP contribution in [0.4, 0.5) is 27.6 Å². The van der Waals surface area contributed by atoms with Crippen molar-refractivity contribution < 1.29 is 26.7 Å². The van der Waals surface area contributed by atoms with Crippen LogP contribution in [0.5, 0.6) is 0 Å². The lowest BCUT2D eigenvalue weighted by Crippen LogP contribution is -2.28. The first-order chi connectivity index (χ1) is 13.9. The smallest absolute Gasteiger partial charge is 0.228 e. The molecule has 0 saturated carbocycles. The molecule has 1 N–H and O–H groups in total. The van der Waals surface area contributed by atoms with Crippen LogP contribution in [0, 0.1) is 35.0 Å². The molecule has 3 rings (SSSR count). The third kappa shape index (κ3) is 4.62. The Morgan fingerprint density at radius 2 is 1.03 bits per heavy atom. The summed E-state index contributed by atoms with van der Waals surface area (Å²) in [5.41, 5.74) is 0.236. The number of halogens is 5. The number of carbonyl (C=O) groups excluding carboxylic acids is 1. The van der Waals surface area contributed by atoms with Crippen molar-refractivity contribution in [2.75, 3.05) is 5.32 Å². The first-order valence-electron chi connectivity index (χ1n) is 8.78. The van der Waals surface area contributed by atoms with Crippen molar-refractivity contribution in [1.29, 1.82) is 0 Å². The molecule has 0 unspecified atom stereocenters. The lowest BCUT2D eigenvalue weighted by Gasteiger charge is -2.18. The van der Waals surface area contributed by atoms with E-state index < -0.39 is 46.6 Å². The largest absolute Gasteiger partial charge is 0.321 e. The Bertz CT molecular complexity index is 938. The van der Waals surface area contributed by atoms with Gasteiger partial charge in [0, 0.05) is 5.92 Å². The molecule has 29 heavy (non-hydrogen) atoms. The number of hydrogen-bond donors (Lipinski definition) is 1. The standard InChI is InChI=1S/C22H16F5NO/c23-16-17(24)19(26)21(20(27)18(16)25)28-22(29)15(11-13-7-3-1-4-8-13)12-14-9-5-2-6-10-14/h1-10,15H,11-12H2,(H,28,29). The molecule has 0 radical (unpaired) electrons. The first-order valence-corrected chi connectivity index (χ1v) is 8.78. The molecule has 0 aliphatic carbocycles. The number of benzene rings is 3. The van der Waals surface area contributed by atoms with Crippen LogP contribution in [0.3, 0.4) is 0 Å². The molecule has 0 heterocycles. The van der Waals surface area contributed by atoms with Crippen LogP contribution in [0.2, 0.25) is 0 Å². The maximum atomic E-state index is 13.9. The zero-order valence-corrected chi connectivity index (χ0v) is 15.1. The Kier molecular flexibility index (Phi) is 6.26. The van der Waals surface area contributed by atoms with Crippen LogP contribution >= 0.6 is 0 Å². The zero-order chi connectivity index (χ0) is 21.0. The Morgan fingerprint density at radius 1 is 0.655 bits per heavy atom. The average Bonchev–Trinajstić information content (AvgIpc) is 2.75. The SMILES string of the molecule is O=C(Nc1c(F)c(F)c(F)c(F)c1F)C(Cc1ccccc1)Cc1ccccc1. The number of nitrogens with one attached hydrogen (secondary N) is 1. The van der Waals surface area contributed by atoms with E-state index in [4.69, 9.17) is 0 Å². The Labute approximate surface area is 164 Å². The summed E-state index contributed by atoms with van der Waals surface area (Å²) >= 11 is 0. The van der Waals surface area contributed by atoms with Crippen LogP contribution in [-0.4, -0.2) is 5.91 Å². The Morgan fingerprint density at radius 3 is 1.45 bits per heavy atom. The summed E-state index contributed by atoms with van der Waals surface area (Å²) in [4.78, 5) is 12.8. The maximum absolute atomic E-state index is 13.9. The van der Waals surface area contributed by atoms with Crippen molar-refractivity contribution in [3.05, 3.63) is 101 Å². The van der Waals surface area contributed by atoms with Crippen molar-refractivity contribution in [2.24, 2.45) is 5.92 Å². The maximum Gasteiger partial charge on any atom is 0.228 e. The topological polar surface area (TPSA) is 29.1 Å². The number of hydrogen-bond acceptors (Lipinski definition) is 1. The summed E-state index contributed by atoms with van der Waals surface area (Å²) in [5, 5.41) is 1.89. The van der Waals surface area contributed by atoms with Crippen molar-refractivity contribution in [3.8, 4) is 0 Å². The van der Waals surface area contributed by atoms with Crippen LogP contribution in [0.25, 0.3) is 0 Å². The van der Waals surface area contributed by atoms with Crippen molar-refractivity contribution in [1.82, 2.24) is 0 Å². The third-order valence-electron chi connectivity index (χ3n) is 4.48. The Balaban J connectivity index is 1.91. The van der Waals surface area contributed by atoms with Gasteiger partial charge in [0.1, 0.15) is 5.69 Å². The highest BCUT2D eigenvalue weighted by Crippen LogP contribution is 2.28. The number of anilines is 1. The molecular formula is C22H16F5NO. The number of carbonyl (C=O) groups is 1. The van der Waals surface area contributed by atoms with E-state index in [2.05, 4.69) is 0 Å². The lowest BCUT2D eigenvalue weighted by atomic mass is 9.91. The predicted octanol–water partition coefficient (Wildman–Crippen LogP) is 5.42. The van der Waals surface area contributed by atoms with Crippen molar-refractivity contribution in [3.63, 3.8) is 0 Å². The van der Waals surface area contributed by atoms with Gasteiger partial charge in [0.2, 0.25) is 11.7 Å². The molecule has 0 aromatic heterocycles. The van der Waals surface area contributed by atoms with Gasteiger partial charge in [0.05, 0.1) is 0 Å². The minimum atomic E-state index is -2.27. The fraction of sp³-hybridized carbons (Fsp3) is 0.136. The molecule has 3 aromatic rings. The highest BCUT2D eigenvalue weighted by molar-refractivity contribution is 5.93. The van der Waals surface area contributed by atoms with Crippen LogP contribution in [0.15, 0.2) is 60.7 Å². The van der Waals surface area contributed by atoms with Crippen LogP contribution in [-0.2, 0) is 17.6 Å². The second kappa shape index (κ2) is 8.86. The summed E-state index contributed by atoms with van der Waals surface area (Å²) in [6.07, 6.45) is 0.438. The molecule has 0 bridgehead atoms. The number of rotatable bonds is 6. The van der Waals surface area contributed by atoms with Crippen molar-refractivity contribution in [2.45, 2.75) is 12.8 Å².